The van der Waals surface area contributed by atoms with Crippen LogP contribution in [0.25, 0.3) is 0 Å². The molecular weight excluding hydrogens is 799 g/mol. The van der Waals surface area contributed by atoms with Crippen molar-refractivity contribution in [1.29, 1.82) is 0 Å². The zero-order valence-electron chi connectivity index (χ0n) is 40.0. The molecule has 0 aromatic heterocycles. The Hall–Kier alpha value is -2.12. The van der Waals surface area contributed by atoms with Crippen molar-refractivity contribution < 1.29 is 49.3 Å². The van der Waals surface area contributed by atoms with E-state index in [1.165, 1.54) is 103 Å². The molecule has 368 valence electrons. The number of esters is 1. The maximum atomic E-state index is 12.9. The summed E-state index contributed by atoms with van der Waals surface area (Å²) in [5, 5.41) is 54.0. The van der Waals surface area contributed by atoms with Gasteiger partial charge in [-0.1, -0.05) is 172 Å². The normalized spacial score (nSPS) is 20.3. The average Bonchev–Trinajstić information content (AvgIpc) is 3.28. The molecule has 11 heteroatoms. The van der Waals surface area contributed by atoms with Gasteiger partial charge in [-0.15, -0.1) is 0 Å². The molecule has 1 aliphatic rings. The zero-order chi connectivity index (χ0) is 46.0. The minimum Gasteiger partial charge on any atom is -0.466 e. The molecule has 1 amide bonds. The van der Waals surface area contributed by atoms with E-state index in [0.717, 1.165) is 83.5 Å². The van der Waals surface area contributed by atoms with Gasteiger partial charge in [0.25, 0.3) is 0 Å². The molecule has 6 N–H and O–H groups in total. The van der Waals surface area contributed by atoms with E-state index in [1.54, 1.807) is 6.08 Å². The Morgan fingerprint density at radius 1 is 0.571 bits per heavy atom. The number of carbonyl (C=O) groups excluding carboxylic acids is 2. The van der Waals surface area contributed by atoms with E-state index < -0.39 is 49.5 Å². The van der Waals surface area contributed by atoms with E-state index in [-0.39, 0.29) is 18.5 Å². The van der Waals surface area contributed by atoms with Gasteiger partial charge < -0.3 is 45.1 Å². The summed E-state index contributed by atoms with van der Waals surface area (Å²) < 4.78 is 16.6. The SMILES string of the molecule is CCCCC/C=C/CC/C=C/C(O)C(COC1OC(CO)C(O)C(O)C1O)NC(=O)CCCCCCC/C=C\CCCCOC(=O)CCCCCCCCCCCCCCCCC. The first-order chi connectivity index (χ1) is 30.7. The van der Waals surface area contributed by atoms with Crippen LogP contribution in [-0.4, -0.2) is 100 Å². The van der Waals surface area contributed by atoms with Crippen LogP contribution in [0.4, 0.5) is 0 Å². The van der Waals surface area contributed by atoms with Gasteiger partial charge in [0.05, 0.1) is 32.0 Å². The Kier molecular flexibility index (Phi) is 39.7. The van der Waals surface area contributed by atoms with Crippen LogP contribution in [0.5, 0.6) is 0 Å². The molecule has 1 heterocycles. The number of allylic oxidation sites excluding steroid dienone is 5. The van der Waals surface area contributed by atoms with Crippen molar-refractivity contribution in [2.24, 2.45) is 0 Å². The number of ether oxygens (including phenoxy) is 3. The summed E-state index contributed by atoms with van der Waals surface area (Å²) in [7, 11) is 0. The van der Waals surface area contributed by atoms with Crippen molar-refractivity contribution in [3.63, 3.8) is 0 Å². The third-order valence-electron chi connectivity index (χ3n) is 12.0. The first kappa shape index (κ1) is 58.9. The highest BCUT2D eigenvalue weighted by molar-refractivity contribution is 5.76. The summed E-state index contributed by atoms with van der Waals surface area (Å²) in [6, 6.07) is -0.846. The number of carbonyl (C=O) groups is 2. The summed E-state index contributed by atoms with van der Waals surface area (Å²) in [5.74, 6) is -0.281. The van der Waals surface area contributed by atoms with Gasteiger partial charge in [0.1, 0.15) is 24.4 Å². The summed E-state index contributed by atoms with van der Waals surface area (Å²) in [6.45, 7) is 4.16. The van der Waals surface area contributed by atoms with Crippen molar-refractivity contribution in [3.8, 4) is 0 Å². The average molecular weight is 894 g/mol. The number of amides is 1. The molecular formula is C52H95NO10. The molecule has 1 aliphatic heterocycles. The largest absolute Gasteiger partial charge is 0.466 e. The number of unbranched alkanes of at least 4 members (excludes halogenated alkanes) is 25. The highest BCUT2D eigenvalue weighted by atomic mass is 16.7. The van der Waals surface area contributed by atoms with Gasteiger partial charge in [0.2, 0.25) is 5.91 Å². The first-order valence-electron chi connectivity index (χ1n) is 25.8. The lowest BCUT2D eigenvalue weighted by molar-refractivity contribution is -0.302. The topological polar surface area (TPSA) is 175 Å². The predicted octanol–water partition coefficient (Wildman–Crippen LogP) is 10.4. The van der Waals surface area contributed by atoms with Crippen molar-refractivity contribution >= 4 is 11.9 Å². The maximum absolute atomic E-state index is 12.9. The van der Waals surface area contributed by atoms with Crippen LogP contribution in [0.15, 0.2) is 36.5 Å². The van der Waals surface area contributed by atoms with Crippen LogP contribution >= 0.6 is 0 Å². The van der Waals surface area contributed by atoms with Gasteiger partial charge in [0.15, 0.2) is 6.29 Å². The van der Waals surface area contributed by atoms with Crippen LogP contribution in [0.3, 0.4) is 0 Å². The van der Waals surface area contributed by atoms with Crippen molar-refractivity contribution in [2.45, 2.75) is 262 Å². The predicted molar refractivity (Wildman–Crippen MR) is 255 cm³/mol. The second kappa shape index (κ2) is 42.5. The number of rotatable bonds is 43. The molecule has 0 aliphatic carbocycles. The Labute approximate surface area is 383 Å². The summed E-state index contributed by atoms with van der Waals surface area (Å²) in [5.41, 5.74) is 0. The maximum Gasteiger partial charge on any atom is 0.305 e. The molecule has 1 fully saturated rings. The van der Waals surface area contributed by atoms with Gasteiger partial charge in [-0.05, 0) is 70.6 Å². The highest BCUT2D eigenvalue weighted by Gasteiger charge is 2.44. The lowest BCUT2D eigenvalue weighted by Gasteiger charge is -2.40. The molecule has 0 bridgehead atoms. The zero-order valence-corrected chi connectivity index (χ0v) is 40.0. The van der Waals surface area contributed by atoms with Gasteiger partial charge in [-0.2, -0.15) is 0 Å². The minimum absolute atomic E-state index is 0.0567. The summed E-state index contributed by atoms with van der Waals surface area (Å²) in [4.78, 5) is 25.0. The smallest absolute Gasteiger partial charge is 0.305 e. The highest BCUT2D eigenvalue weighted by Crippen LogP contribution is 2.23. The van der Waals surface area contributed by atoms with Crippen LogP contribution in [-0.2, 0) is 23.8 Å². The van der Waals surface area contributed by atoms with Crippen LogP contribution < -0.4 is 5.32 Å². The molecule has 0 radical (unpaired) electrons. The Morgan fingerprint density at radius 2 is 1.03 bits per heavy atom. The van der Waals surface area contributed by atoms with Crippen LogP contribution in [0.2, 0.25) is 0 Å². The van der Waals surface area contributed by atoms with E-state index in [0.29, 0.717) is 25.9 Å². The first-order valence-corrected chi connectivity index (χ1v) is 25.8. The molecule has 7 atom stereocenters. The second-order valence-corrected chi connectivity index (χ2v) is 17.9. The van der Waals surface area contributed by atoms with E-state index in [1.807, 2.05) is 6.08 Å². The Morgan fingerprint density at radius 3 is 1.60 bits per heavy atom. The fourth-order valence-corrected chi connectivity index (χ4v) is 7.80. The van der Waals surface area contributed by atoms with Gasteiger partial charge >= 0.3 is 5.97 Å². The summed E-state index contributed by atoms with van der Waals surface area (Å²) in [6.07, 6.45) is 39.6. The standard InChI is InChI=1S/C52H95NO10/c1-3-5-7-9-11-13-14-15-16-17-20-24-28-32-36-40-48(57)61-41-37-33-29-25-21-18-19-23-27-31-35-39-47(56)53-44(45(55)38-34-30-26-22-12-10-8-6-4-2)43-62-52-51(60)50(59)49(58)46(42-54)63-52/h12,21-22,25,34,38,44-46,49-52,54-55,58-60H,3-11,13-20,23-24,26-33,35-37,39-43H2,1-2H3,(H,53,56)/b22-12+,25-21-,38-34+. The molecule has 63 heavy (non-hydrogen) atoms. The van der Waals surface area contributed by atoms with Gasteiger partial charge in [-0.25, -0.2) is 0 Å². The van der Waals surface area contributed by atoms with E-state index in [2.05, 4.69) is 43.5 Å². The fourth-order valence-electron chi connectivity index (χ4n) is 7.80. The van der Waals surface area contributed by atoms with E-state index in [4.69, 9.17) is 14.2 Å². The van der Waals surface area contributed by atoms with E-state index in [9.17, 15) is 35.1 Å². The quantitative estimate of drug-likeness (QED) is 0.0196. The summed E-state index contributed by atoms with van der Waals surface area (Å²) >= 11 is 0. The van der Waals surface area contributed by atoms with Crippen molar-refractivity contribution in [1.82, 2.24) is 5.32 Å². The molecule has 0 aromatic carbocycles. The van der Waals surface area contributed by atoms with E-state index >= 15 is 0 Å². The molecule has 11 nitrogen and oxygen atoms in total. The van der Waals surface area contributed by atoms with Crippen LogP contribution in [0.1, 0.15) is 219 Å². The molecule has 1 saturated heterocycles. The monoisotopic (exact) mass is 894 g/mol. The Bertz CT molecular complexity index is 1150. The number of aliphatic hydroxyl groups excluding tert-OH is 5. The number of hydrogen-bond acceptors (Lipinski definition) is 10. The lowest BCUT2D eigenvalue weighted by Crippen LogP contribution is -2.60. The third-order valence-corrected chi connectivity index (χ3v) is 12.0. The van der Waals surface area contributed by atoms with Gasteiger partial charge in [0, 0.05) is 12.8 Å². The molecule has 0 spiro atoms. The minimum atomic E-state index is -1.59. The molecule has 7 unspecified atom stereocenters. The lowest BCUT2D eigenvalue weighted by atomic mass is 9.99. The van der Waals surface area contributed by atoms with Crippen molar-refractivity contribution in [2.75, 3.05) is 19.8 Å². The second-order valence-electron chi connectivity index (χ2n) is 17.9. The number of aliphatic hydroxyl groups is 5. The fraction of sp³-hybridized carbons (Fsp3) is 0.846. The molecule has 1 rings (SSSR count). The molecule has 0 aromatic rings. The number of nitrogens with one attached hydrogen (secondary N) is 1. The number of hydrogen-bond donors (Lipinski definition) is 6. The molecule has 0 saturated carbocycles. The Balaban J connectivity index is 2.16. The van der Waals surface area contributed by atoms with Gasteiger partial charge in [-0.3, -0.25) is 9.59 Å². The third kappa shape index (κ3) is 33.1. The van der Waals surface area contributed by atoms with Crippen molar-refractivity contribution in [3.05, 3.63) is 36.5 Å². The van der Waals surface area contributed by atoms with Crippen LogP contribution in [0, 0.1) is 0 Å².